The Bertz CT molecular complexity index is 544. The van der Waals surface area contributed by atoms with Crippen LogP contribution in [0.3, 0.4) is 0 Å². The van der Waals surface area contributed by atoms with E-state index in [0.29, 0.717) is 18.2 Å². The van der Waals surface area contributed by atoms with Gasteiger partial charge in [-0.2, -0.15) is 0 Å². The molecule has 24 heavy (non-hydrogen) atoms. The van der Waals surface area contributed by atoms with Crippen LogP contribution in [0.15, 0.2) is 29.3 Å². The lowest BCUT2D eigenvalue weighted by atomic mass is 10.1. The Labute approximate surface area is 162 Å². The molecular formula is C18H29IN4O. The summed E-state index contributed by atoms with van der Waals surface area (Å²) in [4.78, 5) is 16.2. The molecule has 0 aliphatic heterocycles. The molecule has 2 unspecified atom stereocenters. The molecule has 0 spiro atoms. The van der Waals surface area contributed by atoms with Crippen LogP contribution >= 0.6 is 24.0 Å². The number of nitrogens with one attached hydrogen (secondary N) is 3. The fraction of sp³-hybridized carbons (Fsp3) is 0.556. The van der Waals surface area contributed by atoms with Gasteiger partial charge in [-0.1, -0.05) is 32.4 Å². The molecule has 1 aromatic carbocycles. The Morgan fingerprint density at radius 3 is 2.46 bits per heavy atom. The van der Waals surface area contributed by atoms with Crippen molar-refractivity contribution in [2.24, 2.45) is 10.9 Å². The lowest BCUT2D eigenvalue weighted by Gasteiger charge is -2.12. The number of nitrogens with zero attached hydrogens (tertiary/aromatic N) is 1. The van der Waals surface area contributed by atoms with E-state index < -0.39 is 0 Å². The predicted octanol–water partition coefficient (Wildman–Crippen LogP) is 2.91. The summed E-state index contributed by atoms with van der Waals surface area (Å²) < 4.78 is 0. The number of rotatable bonds is 7. The van der Waals surface area contributed by atoms with Gasteiger partial charge in [0.05, 0.1) is 0 Å². The molecule has 1 amide bonds. The Hall–Kier alpha value is -1.31. The summed E-state index contributed by atoms with van der Waals surface area (Å²) in [5.41, 5.74) is 1.83. The minimum Gasteiger partial charge on any atom is -0.353 e. The maximum Gasteiger partial charge on any atom is 0.251 e. The molecule has 3 N–H and O–H groups in total. The van der Waals surface area contributed by atoms with E-state index in [2.05, 4.69) is 34.8 Å². The van der Waals surface area contributed by atoms with Crippen LogP contribution in [0.2, 0.25) is 0 Å². The molecule has 5 nitrogen and oxygen atoms in total. The van der Waals surface area contributed by atoms with Crippen LogP contribution in [0.4, 0.5) is 0 Å². The molecule has 0 heterocycles. The van der Waals surface area contributed by atoms with Gasteiger partial charge in [-0.15, -0.1) is 24.0 Å². The third kappa shape index (κ3) is 6.67. The summed E-state index contributed by atoms with van der Waals surface area (Å²) in [6.45, 7) is 5.77. The van der Waals surface area contributed by atoms with Gasteiger partial charge < -0.3 is 16.0 Å². The topological polar surface area (TPSA) is 65.5 Å². The van der Waals surface area contributed by atoms with E-state index >= 15 is 0 Å². The summed E-state index contributed by atoms with van der Waals surface area (Å²) in [7, 11) is 1.78. The fourth-order valence-corrected chi connectivity index (χ4v) is 2.33. The molecular weight excluding hydrogens is 415 g/mol. The Morgan fingerprint density at radius 1 is 1.25 bits per heavy atom. The van der Waals surface area contributed by atoms with E-state index in [0.717, 1.165) is 36.8 Å². The first kappa shape index (κ1) is 20.7. The van der Waals surface area contributed by atoms with Crippen LogP contribution < -0.4 is 16.0 Å². The van der Waals surface area contributed by atoms with Crippen LogP contribution in [-0.4, -0.2) is 31.5 Å². The van der Waals surface area contributed by atoms with Gasteiger partial charge in [-0.3, -0.25) is 9.79 Å². The van der Waals surface area contributed by atoms with E-state index in [1.54, 1.807) is 7.05 Å². The maximum absolute atomic E-state index is 11.9. The number of unbranched alkanes of at least 4 members (excludes halogenated alkanes) is 1. The number of amides is 1. The predicted molar refractivity (Wildman–Crippen MR) is 110 cm³/mol. The third-order valence-electron chi connectivity index (χ3n) is 4.15. The van der Waals surface area contributed by atoms with Crippen molar-refractivity contribution in [3.8, 4) is 0 Å². The van der Waals surface area contributed by atoms with Crippen LogP contribution in [0.5, 0.6) is 0 Å². The van der Waals surface area contributed by atoms with Crippen molar-refractivity contribution in [3.05, 3.63) is 35.4 Å². The smallest absolute Gasteiger partial charge is 0.251 e. The molecule has 0 saturated heterocycles. The number of hydrogen-bond acceptors (Lipinski definition) is 2. The van der Waals surface area contributed by atoms with Crippen molar-refractivity contribution in [1.82, 2.24) is 16.0 Å². The standard InChI is InChI=1S/C18H28N4O.HI/c1-4-5-10-20-17(23)15-8-6-14(7-9-15)12-21-18(19-3)22-16-11-13(16)2;/h6-9,13,16H,4-5,10-12H2,1-3H3,(H,20,23)(H2,19,21,22);1H. The van der Waals surface area contributed by atoms with E-state index in [-0.39, 0.29) is 29.9 Å². The van der Waals surface area contributed by atoms with E-state index in [9.17, 15) is 4.79 Å². The molecule has 0 aromatic heterocycles. The maximum atomic E-state index is 11.9. The third-order valence-corrected chi connectivity index (χ3v) is 4.15. The highest BCUT2D eigenvalue weighted by atomic mass is 127. The first-order valence-electron chi connectivity index (χ1n) is 8.48. The van der Waals surface area contributed by atoms with Gasteiger partial charge >= 0.3 is 0 Å². The monoisotopic (exact) mass is 444 g/mol. The van der Waals surface area contributed by atoms with E-state index in [4.69, 9.17) is 0 Å². The summed E-state index contributed by atoms with van der Waals surface area (Å²) in [6.07, 6.45) is 3.31. The zero-order valence-electron chi connectivity index (χ0n) is 14.8. The Balaban J connectivity index is 0.00000288. The second-order valence-electron chi connectivity index (χ2n) is 6.20. The highest BCUT2D eigenvalue weighted by Crippen LogP contribution is 2.28. The molecule has 1 aliphatic carbocycles. The molecule has 0 bridgehead atoms. The van der Waals surface area contributed by atoms with Crippen molar-refractivity contribution >= 4 is 35.8 Å². The zero-order chi connectivity index (χ0) is 16.7. The van der Waals surface area contributed by atoms with Gasteiger partial charge in [0.15, 0.2) is 5.96 Å². The lowest BCUT2D eigenvalue weighted by molar-refractivity contribution is 0.0953. The number of aliphatic imine (C=N–C) groups is 1. The van der Waals surface area contributed by atoms with Crippen LogP contribution in [0.1, 0.15) is 49.0 Å². The SMILES string of the molecule is CCCCNC(=O)c1ccc(CNC(=NC)NC2CC2C)cc1.I. The number of guanidine groups is 1. The fourth-order valence-electron chi connectivity index (χ4n) is 2.33. The van der Waals surface area contributed by atoms with Gasteiger partial charge in [-0.05, 0) is 36.5 Å². The summed E-state index contributed by atoms with van der Waals surface area (Å²) in [6, 6.07) is 8.26. The molecule has 6 heteroatoms. The molecule has 1 saturated carbocycles. The van der Waals surface area contributed by atoms with Crippen LogP contribution in [0, 0.1) is 5.92 Å². The largest absolute Gasteiger partial charge is 0.353 e. The lowest BCUT2D eigenvalue weighted by Crippen LogP contribution is -2.38. The average molecular weight is 444 g/mol. The molecule has 0 radical (unpaired) electrons. The van der Waals surface area contributed by atoms with Crippen molar-refractivity contribution in [2.45, 2.75) is 45.7 Å². The summed E-state index contributed by atoms with van der Waals surface area (Å²) in [5, 5.41) is 9.63. The van der Waals surface area contributed by atoms with Gasteiger partial charge in [0.1, 0.15) is 0 Å². The summed E-state index contributed by atoms with van der Waals surface area (Å²) >= 11 is 0. The number of carbonyl (C=O) groups excluding carboxylic acids is 1. The zero-order valence-corrected chi connectivity index (χ0v) is 17.1. The first-order valence-corrected chi connectivity index (χ1v) is 8.48. The normalized spacial score (nSPS) is 19.2. The molecule has 1 fully saturated rings. The highest BCUT2D eigenvalue weighted by Gasteiger charge is 2.33. The van der Waals surface area contributed by atoms with Crippen molar-refractivity contribution in [2.75, 3.05) is 13.6 Å². The van der Waals surface area contributed by atoms with Crippen molar-refractivity contribution in [3.63, 3.8) is 0 Å². The van der Waals surface area contributed by atoms with Gasteiger partial charge in [-0.25, -0.2) is 0 Å². The van der Waals surface area contributed by atoms with Crippen LogP contribution in [-0.2, 0) is 6.54 Å². The first-order chi connectivity index (χ1) is 11.1. The Kier molecular flexibility index (Phi) is 9.10. The second-order valence-corrected chi connectivity index (χ2v) is 6.20. The molecule has 1 aliphatic rings. The minimum atomic E-state index is -0.00171. The van der Waals surface area contributed by atoms with Gasteiger partial charge in [0.25, 0.3) is 5.91 Å². The second kappa shape index (κ2) is 10.5. The molecule has 2 atom stereocenters. The van der Waals surface area contributed by atoms with Crippen molar-refractivity contribution in [1.29, 1.82) is 0 Å². The van der Waals surface area contributed by atoms with E-state index in [1.165, 1.54) is 6.42 Å². The molecule has 2 rings (SSSR count). The molecule has 134 valence electrons. The number of hydrogen-bond donors (Lipinski definition) is 3. The minimum absolute atomic E-state index is 0. The van der Waals surface area contributed by atoms with E-state index in [1.807, 2.05) is 24.3 Å². The average Bonchev–Trinajstić information content (AvgIpc) is 3.27. The van der Waals surface area contributed by atoms with Crippen LogP contribution in [0.25, 0.3) is 0 Å². The number of halogens is 1. The highest BCUT2D eigenvalue weighted by molar-refractivity contribution is 14.0. The number of benzene rings is 1. The van der Waals surface area contributed by atoms with Gasteiger partial charge in [0, 0.05) is 31.7 Å². The quantitative estimate of drug-likeness (QED) is 0.262. The number of carbonyl (C=O) groups is 1. The van der Waals surface area contributed by atoms with Gasteiger partial charge in [0.2, 0.25) is 0 Å². The summed E-state index contributed by atoms with van der Waals surface area (Å²) in [5.74, 6) is 1.57. The molecule has 1 aromatic rings. The van der Waals surface area contributed by atoms with Crippen molar-refractivity contribution < 1.29 is 4.79 Å². The Morgan fingerprint density at radius 2 is 1.92 bits per heavy atom.